The number of amides is 1. The number of nitrogens with zero attached hydrogens (tertiary/aromatic N) is 2. The van der Waals surface area contributed by atoms with Crippen LogP contribution >= 0.6 is 23.2 Å². The number of nitro benzene ring substituents is 1. The topological polar surface area (TPSA) is 72.7 Å². The first-order chi connectivity index (χ1) is 14.8. The number of hydrogen-bond acceptors (Lipinski definition) is 4. The number of fused-ring (bicyclic) bond motifs is 1. The molecule has 3 aromatic carbocycles. The zero-order chi connectivity index (χ0) is 22.3. The maximum atomic E-state index is 13.8. The smallest absolute Gasteiger partial charge is 0.273 e. The van der Waals surface area contributed by atoms with E-state index in [1.807, 2.05) is 25.1 Å². The number of nitro groups is 1. The van der Waals surface area contributed by atoms with Crippen LogP contribution in [0.5, 0.6) is 5.75 Å². The number of methoxy groups -OCH3 is 1. The van der Waals surface area contributed by atoms with Crippen LogP contribution in [-0.4, -0.2) is 17.9 Å². The lowest BCUT2D eigenvalue weighted by Gasteiger charge is -2.26. The Morgan fingerprint density at radius 1 is 1.06 bits per heavy atom. The molecule has 6 nitrogen and oxygen atoms in total. The van der Waals surface area contributed by atoms with Gasteiger partial charge < -0.3 is 9.64 Å². The summed E-state index contributed by atoms with van der Waals surface area (Å²) in [6, 6.07) is 16.9. The van der Waals surface area contributed by atoms with Crippen LogP contribution in [0.25, 0.3) is 0 Å². The molecule has 0 aliphatic carbocycles. The normalized spacial score (nSPS) is 17.5. The van der Waals surface area contributed by atoms with Gasteiger partial charge in [-0.1, -0.05) is 41.4 Å². The Hall–Kier alpha value is -3.09. The zero-order valence-electron chi connectivity index (χ0n) is 16.8. The maximum absolute atomic E-state index is 13.8. The van der Waals surface area contributed by atoms with Gasteiger partial charge in [-0.2, -0.15) is 0 Å². The molecule has 1 unspecified atom stereocenters. The van der Waals surface area contributed by atoms with E-state index in [4.69, 9.17) is 27.9 Å². The van der Waals surface area contributed by atoms with E-state index in [1.54, 1.807) is 35.2 Å². The summed E-state index contributed by atoms with van der Waals surface area (Å²) in [6.07, 6.45) is 0. The van der Waals surface area contributed by atoms with Gasteiger partial charge in [-0.05, 0) is 48.4 Å². The standard InChI is InChI=1S/C23H18Cl2N2O4/c1-23(17-5-3-4-6-19(17)25)18-11-15(24)8-10-20(18)26(22(23)28)13-14-7-9-16(27(29)30)12-21(14)31-2/h3-12H,13H2,1-2H3. The van der Waals surface area contributed by atoms with Crippen LogP contribution in [0.15, 0.2) is 60.7 Å². The van der Waals surface area contributed by atoms with Crippen LogP contribution in [0.3, 0.4) is 0 Å². The Kier molecular flexibility index (Phi) is 5.37. The number of hydrogen-bond donors (Lipinski definition) is 0. The summed E-state index contributed by atoms with van der Waals surface area (Å²) in [5.41, 5.74) is 1.67. The van der Waals surface area contributed by atoms with Crippen LogP contribution < -0.4 is 9.64 Å². The fourth-order valence-electron chi connectivity index (χ4n) is 4.07. The first kappa shape index (κ1) is 21.2. The van der Waals surface area contributed by atoms with E-state index in [-0.39, 0.29) is 18.1 Å². The second-order valence-electron chi connectivity index (χ2n) is 7.41. The predicted octanol–water partition coefficient (Wildman–Crippen LogP) is 5.76. The molecule has 0 N–H and O–H groups in total. The van der Waals surface area contributed by atoms with Crippen LogP contribution in [-0.2, 0) is 16.8 Å². The summed E-state index contributed by atoms with van der Waals surface area (Å²) >= 11 is 12.8. The monoisotopic (exact) mass is 456 g/mol. The lowest BCUT2D eigenvalue weighted by Crippen LogP contribution is -2.39. The largest absolute Gasteiger partial charge is 0.496 e. The minimum Gasteiger partial charge on any atom is -0.496 e. The van der Waals surface area contributed by atoms with Gasteiger partial charge in [-0.15, -0.1) is 0 Å². The number of halogens is 2. The second-order valence-corrected chi connectivity index (χ2v) is 8.25. The molecular weight excluding hydrogens is 439 g/mol. The van der Waals surface area contributed by atoms with Crippen LogP contribution in [0.2, 0.25) is 10.0 Å². The van der Waals surface area contributed by atoms with Gasteiger partial charge >= 0.3 is 0 Å². The van der Waals surface area contributed by atoms with Crippen molar-refractivity contribution < 1.29 is 14.5 Å². The number of benzene rings is 3. The van der Waals surface area contributed by atoms with E-state index < -0.39 is 10.3 Å². The summed E-state index contributed by atoms with van der Waals surface area (Å²) in [4.78, 5) is 26.1. The maximum Gasteiger partial charge on any atom is 0.273 e. The van der Waals surface area contributed by atoms with Crippen molar-refractivity contribution in [1.29, 1.82) is 0 Å². The van der Waals surface area contributed by atoms with Crippen molar-refractivity contribution in [2.75, 3.05) is 12.0 Å². The van der Waals surface area contributed by atoms with E-state index in [9.17, 15) is 14.9 Å². The first-order valence-electron chi connectivity index (χ1n) is 9.45. The van der Waals surface area contributed by atoms with Crippen molar-refractivity contribution >= 4 is 40.5 Å². The highest BCUT2D eigenvalue weighted by molar-refractivity contribution is 6.32. The third-order valence-electron chi connectivity index (χ3n) is 5.68. The van der Waals surface area contributed by atoms with Crippen molar-refractivity contribution in [2.45, 2.75) is 18.9 Å². The lowest BCUT2D eigenvalue weighted by molar-refractivity contribution is -0.384. The number of anilines is 1. The molecule has 31 heavy (non-hydrogen) atoms. The minimum absolute atomic E-state index is 0.0820. The van der Waals surface area contributed by atoms with Crippen molar-refractivity contribution in [3.05, 3.63) is 97.5 Å². The van der Waals surface area contributed by atoms with Gasteiger partial charge in [0.25, 0.3) is 5.69 Å². The van der Waals surface area contributed by atoms with Crippen LogP contribution in [0.1, 0.15) is 23.6 Å². The van der Waals surface area contributed by atoms with Gasteiger partial charge in [-0.3, -0.25) is 14.9 Å². The van der Waals surface area contributed by atoms with Gasteiger partial charge in [0.05, 0.1) is 24.6 Å². The molecule has 8 heteroatoms. The summed E-state index contributed by atoms with van der Waals surface area (Å²) in [5.74, 6) is 0.169. The van der Waals surface area contributed by atoms with E-state index in [2.05, 4.69) is 0 Å². The Morgan fingerprint density at radius 3 is 2.48 bits per heavy atom. The number of ether oxygens (including phenoxy) is 1. The van der Waals surface area contributed by atoms with Gasteiger partial charge in [0.1, 0.15) is 11.2 Å². The fraction of sp³-hybridized carbons (Fsp3) is 0.174. The predicted molar refractivity (Wildman–Crippen MR) is 120 cm³/mol. The highest BCUT2D eigenvalue weighted by Gasteiger charge is 2.49. The quantitative estimate of drug-likeness (QED) is 0.361. The second kappa shape index (κ2) is 7.87. The molecule has 0 aromatic heterocycles. The molecule has 1 heterocycles. The molecule has 158 valence electrons. The molecule has 1 aliphatic heterocycles. The third-order valence-corrected chi connectivity index (χ3v) is 6.25. The lowest BCUT2D eigenvalue weighted by atomic mass is 9.77. The van der Waals surface area contributed by atoms with Gasteiger partial charge in [0.15, 0.2) is 0 Å². The molecule has 3 aromatic rings. The molecule has 4 rings (SSSR count). The van der Waals surface area contributed by atoms with Gasteiger partial charge in [0, 0.05) is 27.4 Å². The number of carbonyl (C=O) groups is 1. The van der Waals surface area contributed by atoms with E-state index >= 15 is 0 Å². The average molecular weight is 457 g/mol. The van der Waals surface area contributed by atoms with E-state index in [1.165, 1.54) is 19.2 Å². The number of rotatable bonds is 5. The zero-order valence-corrected chi connectivity index (χ0v) is 18.3. The third kappa shape index (κ3) is 3.42. The molecule has 0 fully saturated rings. The fourth-order valence-corrected chi connectivity index (χ4v) is 4.57. The molecule has 0 radical (unpaired) electrons. The van der Waals surface area contributed by atoms with Gasteiger partial charge in [0.2, 0.25) is 5.91 Å². The van der Waals surface area contributed by atoms with Crippen molar-refractivity contribution in [2.24, 2.45) is 0 Å². The van der Waals surface area contributed by atoms with E-state index in [0.717, 1.165) is 5.56 Å². The Labute approximate surface area is 189 Å². The number of carbonyl (C=O) groups excluding carboxylic acids is 1. The molecule has 1 aliphatic rings. The summed E-state index contributed by atoms with van der Waals surface area (Å²) in [6.45, 7) is 2.01. The number of non-ortho nitro benzene ring substituents is 1. The SMILES string of the molecule is COc1cc([N+](=O)[O-])ccc1CN1C(=O)C(C)(c2ccccc2Cl)c2cc(Cl)ccc21. The van der Waals surface area contributed by atoms with Gasteiger partial charge in [-0.25, -0.2) is 0 Å². The van der Waals surface area contributed by atoms with Crippen molar-refractivity contribution in [1.82, 2.24) is 0 Å². The molecule has 1 amide bonds. The molecule has 1 atom stereocenters. The first-order valence-corrected chi connectivity index (χ1v) is 10.2. The van der Waals surface area contributed by atoms with Crippen LogP contribution in [0, 0.1) is 10.1 Å². The summed E-state index contributed by atoms with van der Waals surface area (Å²) < 4.78 is 5.36. The molecular formula is C23H18Cl2N2O4. The molecule has 0 bridgehead atoms. The highest BCUT2D eigenvalue weighted by atomic mass is 35.5. The molecule has 0 saturated heterocycles. The highest BCUT2D eigenvalue weighted by Crippen LogP contribution is 2.49. The Bertz CT molecular complexity index is 1210. The molecule has 0 spiro atoms. The summed E-state index contributed by atoms with van der Waals surface area (Å²) in [5, 5.41) is 12.1. The summed E-state index contributed by atoms with van der Waals surface area (Å²) in [7, 11) is 1.44. The average Bonchev–Trinajstić information content (AvgIpc) is 2.96. The Balaban J connectivity index is 1.84. The van der Waals surface area contributed by atoms with Crippen molar-refractivity contribution in [3.63, 3.8) is 0 Å². The molecule has 0 saturated carbocycles. The van der Waals surface area contributed by atoms with E-state index in [0.29, 0.717) is 32.6 Å². The Morgan fingerprint density at radius 2 is 1.81 bits per heavy atom. The van der Waals surface area contributed by atoms with Crippen molar-refractivity contribution in [3.8, 4) is 5.75 Å². The minimum atomic E-state index is -1.04. The van der Waals surface area contributed by atoms with Crippen LogP contribution in [0.4, 0.5) is 11.4 Å².